The van der Waals surface area contributed by atoms with E-state index in [0.29, 0.717) is 6.61 Å². The van der Waals surface area contributed by atoms with Crippen LogP contribution in [0.15, 0.2) is 140 Å². The van der Waals surface area contributed by atoms with Crippen LogP contribution in [0.4, 0.5) is 13.2 Å². The second kappa shape index (κ2) is 19.3. The van der Waals surface area contributed by atoms with Crippen molar-refractivity contribution >= 4 is 0 Å². The molecule has 0 radical (unpaired) electrons. The summed E-state index contributed by atoms with van der Waals surface area (Å²) in [6.45, 7) is 4.55. The summed E-state index contributed by atoms with van der Waals surface area (Å²) in [6.07, 6.45) is -9.74. The molecule has 0 aliphatic carbocycles. The fourth-order valence-corrected chi connectivity index (χ4v) is 9.74. The van der Waals surface area contributed by atoms with Gasteiger partial charge in [-0.1, -0.05) is 128 Å². The van der Waals surface area contributed by atoms with Crippen LogP contribution in [-0.4, -0.2) is 58.2 Å². The zero-order valence-electron chi connectivity index (χ0n) is 37.0. The van der Waals surface area contributed by atoms with Crippen molar-refractivity contribution in [3.05, 3.63) is 184 Å². The predicted molar refractivity (Wildman–Crippen MR) is 239 cm³/mol. The highest BCUT2D eigenvalue weighted by Crippen LogP contribution is 2.66. The van der Waals surface area contributed by atoms with Gasteiger partial charge < -0.3 is 43.4 Å². The maximum absolute atomic E-state index is 14.2. The van der Waals surface area contributed by atoms with Crippen LogP contribution in [0.2, 0.25) is 0 Å². The molecule has 6 aromatic rings. The number of ether oxygens (including phenoxy) is 7. The molecule has 14 heteroatoms. The van der Waals surface area contributed by atoms with Crippen LogP contribution in [0, 0.1) is 11.3 Å². The maximum atomic E-state index is 14.2. The number of hydrogen-bond donors (Lipinski definition) is 2. The average Bonchev–Trinajstić information content (AvgIpc) is 3.91. The number of rotatable bonds is 17. The number of aromatic hydroxyl groups is 2. The van der Waals surface area contributed by atoms with Crippen molar-refractivity contribution in [2.24, 2.45) is 0 Å². The Morgan fingerprint density at radius 3 is 1.73 bits per heavy atom. The largest absolute Gasteiger partial charge is 0.494 e. The third kappa shape index (κ3) is 9.21. The summed E-state index contributed by atoms with van der Waals surface area (Å²) in [7, 11) is 0. The molecule has 3 aliphatic heterocycles. The molecular formula is C53H51F3N2O9. The van der Waals surface area contributed by atoms with E-state index in [9.17, 15) is 28.6 Å². The normalized spacial score (nSPS) is 25.5. The van der Waals surface area contributed by atoms with Gasteiger partial charge in [-0.15, -0.1) is 0 Å². The number of nitrogens with zero attached hydrogens (tertiary/aromatic N) is 2. The van der Waals surface area contributed by atoms with E-state index in [4.69, 9.17) is 33.2 Å². The summed E-state index contributed by atoms with van der Waals surface area (Å²) in [4.78, 5) is 0. The molecule has 0 amide bonds. The highest BCUT2D eigenvalue weighted by Gasteiger charge is 2.67. The van der Waals surface area contributed by atoms with Crippen LogP contribution >= 0.6 is 0 Å². The molecule has 3 aliphatic rings. The first-order chi connectivity index (χ1) is 32.4. The molecule has 0 spiro atoms. The van der Waals surface area contributed by atoms with Crippen molar-refractivity contribution in [1.82, 2.24) is 4.57 Å². The molecule has 2 bridgehead atoms. The summed E-state index contributed by atoms with van der Waals surface area (Å²) in [6, 6.07) is 43.5. The monoisotopic (exact) mass is 916 g/mol. The van der Waals surface area contributed by atoms with Gasteiger partial charge in [0.1, 0.15) is 35.6 Å². The maximum Gasteiger partial charge on any atom is 0.417 e. The van der Waals surface area contributed by atoms with Crippen LogP contribution in [0.5, 0.6) is 11.8 Å². The van der Waals surface area contributed by atoms with Crippen molar-refractivity contribution in [3.8, 4) is 23.5 Å². The number of benzene rings is 5. The van der Waals surface area contributed by atoms with Gasteiger partial charge in [0.15, 0.2) is 6.29 Å². The number of alkyl halides is 3. The lowest BCUT2D eigenvalue weighted by atomic mass is 9.76. The molecule has 67 heavy (non-hydrogen) atoms. The van der Waals surface area contributed by atoms with Gasteiger partial charge >= 0.3 is 6.18 Å². The van der Waals surface area contributed by atoms with Gasteiger partial charge in [-0.25, -0.2) is 0 Å². The number of aromatic nitrogens is 1. The smallest absolute Gasteiger partial charge is 0.417 e. The highest BCUT2D eigenvalue weighted by molar-refractivity contribution is 5.62. The van der Waals surface area contributed by atoms with E-state index in [1.165, 1.54) is 6.07 Å². The lowest BCUT2D eigenvalue weighted by Crippen LogP contribution is -2.62. The molecule has 11 nitrogen and oxygen atoms in total. The Balaban J connectivity index is 1.10. The Labute approximate surface area is 386 Å². The van der Waals surface area contributed by atoms with Gasteiger partial charge in [-0.3, -0.25) is 4.57 Å². The minimum Gasteiger partial charge on any atom is -0.494 e. The van der Waals surface area contributed by atoms with Crippen LogP contribution in [0.1, 0.15) is 71.2 Å². The fraction of sp³-hybridized carbons (Fsp3) is 0.340. The Bertz CT molecular complexity index is 2660. The summed E-state index contributed by atoms with van der Waals surface area (Å²) in [5.41, 5.74) is -0.532. The summed E-state index contributed by atoms with van der Waals surface area (Å²) in [5, 5.41) is 33.4. The Hall–Kier alpha value is -6.02. The Morgan fingerprint density at radius 1 is 0.701 bits per heavy atom. The summed E-state index contributed by atoms with van der Waals surface area (Å²) >= 11 is 0. The van der Waals surface area contributed by atoms with E-state index in [0.717, 1.165) is 39.0 Å². The van der Waals surface area contributed by atoms with Crippen LogP contribution in [0.25, 0.3) is 5.69 Å². The Kier molecular flexibility index (Phi) is 13.3. The summed E-state index contributed by atoms with van der Waals surface area (Å²) < 4.78 is 91.4. The quantitative estimate of drug-likeness (QED) is 0.0911. The Morgan fingerprint density at radius 2 is 1.21 bits per heavy atom. The molecule has 4 heterocycles. The van der Waals surface area contributed by atoms with Crippen LogP contribution in [0.3, 0.4) is 0 Å². The van der Waals surface area contributed by atoms with Gasteiger partial charge in [0.05, 0.1) is 73.1 Å². The molecular weight excluding hydrogens is 866 g/mol. The molecule has 5 aromatic carbocycles. The molecule has 0 saturated carbocycles. The fourth-order valence-electron chi connectivity index (χ4n) is 9.74. The van der Waals surface area contributed by atoms with Crippen molar-refractivity contribution in [2.45, 2.75) is 107 Å². The molecule has 8 atom stereocenters. The van der Waals surface area contributed by atoms with Crippen molar-refractivity contribution in [2.75, 3.05) is 6.61 Å². The van der Waals surface area contributed by atoms with Gasteiger partial charge in [0.25, 0.3) is 0 Å². The third-order valence-electron chi connectivity index (χ3n) is 12.9. The average molecular weight is 917 g/mol. The van der Waals surface area contributed by atoms with Gasteiger partial charge in [-0.05, 0) is 53.8 Å². The predicted octanol–water partition coefficient (Wildman–Crippen LogP) is 10.1. The topological polar surface area (TPSA) is 134 Å². The van der Waals surface area contributed by atoms with Gasteiger partial charge in [-0.2, -0.15) is 18.4 Å². The first-order valence-electron chi connectivity index (χ1n) is 22.3. The van der Waals surface area contributed by atoms with E-state index < -0.39 is 77.1 Å². The molecule has 9 rings (SSSR count). The minimum absolute atomic E-state index is 0.0782. The van der Waals surface area contributed by atoms with Crippen LogP contribution in [-0.2, 0) is 77.0 Å². The lowest BCUT2D eigenvalue weighted by Gasteiger charge is -2.47. The molecule has 2 saturated heterocycles. The molecule has 2 N–H and O–H groups in total. The van der Waals surface area contributed by atoms with Gasteiger partial charge in [0.2, 0.25) is 11.8 Å². The zero-order valence-corrected chi connectivity index (χ0v) is 37.0. The van der Waals surface area contributed by atoms with E-state index in [1.807, 2.05) is 128 Å². The number of nitriles is 1. The number of halogens is 3. The SMILES string of the molecule is CCC12OC(C)(C[C@H]1O[C@H]1O[C@H](COCc3ccccc3)[C@@H](OCc3ccccc3)[C@H](OCc3ccccc3)[C@H]1OCc1ccccc1)c1c2c(O)n(-c2ccc(C#N)c(C(F)(F)F)c2)c1O. The second-order valence-corrected chi connectivity index (χ2v) is 17.3. The summed E-state index contributed by atoms with van der Waals surface area (Å²) in [5.74, 6) is -1.00. The first kappa shape index (κ1) is 46.1. The zero-order chi connectivity index (χ0) is 46.8. The lowest BCUT2D eigenvalue weighted by molar-refractivity contribution is -0.342. The first-order valence-corrected chi connectivity index (χ1v) is 22.3. The molecule has 348 valence electrons. The van der Waals surface area contributed by atoms with Crippen molar-refractivity contribution in [3.63, 3.8) is 0 Å². The molecule has 1 aromatic heterocycles. The minimum atomic E-state index is -4.88. The van der Waals surface area contributed by atoms with E-state index in [-0.39, 0.29) is 56.1 Å². The van der Waals surface area contributed by atoms with E-state index >= 15 is 0 Å². The third-order valence-corrected chi connectivity index (χ3v) is 12.9. The molecule has 2 unspecified atom stereocenters. The standard InChI is InChI=1S/C53H51F3N2O9/c1-3-52-42(27-51(2,67-52)43-44(52)49(60)58(48(43)59)39-25-24-38(28-57)40(26-39)53(54,55)56)66-50-47(64-32-37-22-14-7-15-23-37)46(63-31-36-20-12-6-13-21-36)45(62-30-35-18-10-5-11-19-35)41(65-50)33-61-29-34-16-8-4-9-17-34/h4-26,41-42,45-47,50,59-60H,3,27,29-33H2,1-2H3/t41-,42-,45-,46+,47-,50-,51?,52?/m1/s1. The highest BCUT2D eigenvalue weighted by atomic mass is 19.4. The van der Waals surface area contributed by atoms with Crippen molar-refractivity contribution < 1.29 is 56.5 Å². The van der Waals surface area contributed by atoms with Crippen molar-refractivity contribution in [1.29, 1.82) is 5.26 Å². The van der Waals surface area contributed by atoms with Crippen LogP contribution < -0.4 is 0 Å². The van der Waals surface area contributed by atoms with E-state index in [1.54, 1.807) is 13.0 Å². The second-order valence-electron chi connectivity index (χ2n) is 17.3. The number of hydrogen-bond acceptors (Lipinski definition) is 10. The number of fused-ring (bicyclic) bond motifs is 5. The van der Waals surface area contributed by atoms with Gasteiger partial charge in [0, 0.05) is 6.42 Å². The van der Waals surface area contributed by atoms with E-state index in [2.05, 4.69) is 0 Å². The molecule has 2 fully saturated rings.